The van der Waals surface area contributed by atoms with Crippen molar-refractivity contribution < 1.29 is 0 Å². The molecule has 0 aliphatic rings. The quantitative estimate of drug-likeness (QED) is 0.0552. The topological polar surface area (TPSA) is 0 Å². The molecule has 0 nitrogen and oxygen atoms in total. The van der Waals surface area contributed by atoms with E-state index >= 15 is 0 Å². The first-order chi connectivity index (χ1) is 14.6. The molecular weight excluding hydrogens is 481 g/mol. The third kappa shape index (κ3) is 14.4. The highest BCUT2D eigenvalue weighted by Gasteiger charge is 2.41. The second kappa shape index (κ2) is 22.9. The van der Waals surface area contributed by atoms with Gasteiger partial charge in [-0.15, -0.1) is 0 Å². The van der Waals surface area contributed by atoms with E-state index in [1.54, 1.807) is 0 Å². The van der Waals surface area contributed by atoms with Gasteiger partial charge < -0.3 is 0 Å². The highest BCUT2D eigenvalue weighted by molar-refractivity contribution is 7.81. The third-order valence-electron chi connectivity index (χ3n) is 6.63. The maximum atomic E-state index is 5.35. The fourth-order valence-corrected chi connectivity index (χ4v) is 6.68. The number of unbranched alkanes of at least 4 members (excludes halogenated alkanes) is 6. The zero-order valence-corrected chi connectivity index (χ0v) is 24.6. The summed E-state index contributed by atoms with van der Waals surface area (Å²) < 4.78 is 0. The maximum absolute atomic E-state index is 5.35. The van der Waals surface area contributed by atoms with Crippen molar-refractivity contribution in [2.24, 2.45) is 11.3 Å². The molecular formula is C24H50S6. The van der Waals surface area contributed by atoms with Crippen LogP contribution < -0.4 is 0 Å². The summed E-state index contributed by atoms with van der Waals surface area (Å²) in [4.78, 5) is 0. The molecule has 0 amide bonds. The van der Waals surface area contributed by atoms with Gasteiger partial charge in [0.25, 0.3) is 0 Å². The van der Waals surface area contributed by atoms with E-state index in [2.05, 4.69) is 63.1 Å². The van der Waals surface area contributed by atoms with E-state index in [0.29, 0.717) is 10.7 Å². The second-order valence-electron chi connectivity index (χ2n) is 8.82. The Labute approximate surface area is 222 Å². The fourth-order valence-electron chi connectivity index (χ4n) is 4.91. The van der Waals surface area contributed by atoms with Crippen LogP contribution in [0.2, 0.25) is 0 Å². The van der Waals surface area contributed by atoms with Crippen LogP contribution in [0.4, 0.5) is 0 Å². The first-order valence-electron chi connectivity index (χ1n) is 12.3. The minimum absolute atomic E-state index is 0.350. The molecule has 0 rings (SSSR count). The molecule has 0 spiro atoms. The lowest BCUT2D eigenvalue weighted by molar-refractivity contribution is 0.0918. The number of hydrogen-bond acceptors (Lipinski definition) is 6. The predicted octanol–water partition coefficient (Wildman–Crippen LogP) is 8.78. The Hall–Kier alpha value is 2.10. The van der Waals surface area contributed by atoms with Gasteiger partial charge in [-0.1, -0.05) is 38.5 Å². The minimum Gasteiger partial charge on any atom is -0.179 e. The number of hydrogen-bond donors (Lipinski definition) is 6. The molecule has 0 fully saturated rings. The molecule has 0 aliphatic carbocycles. The summed E-state index contributed by atoms with van der Waals surface area (Å²) in [6.45, 7) is 0. The van der Waals surface area contributed by atoms with E-state index in [9.17, 15) is 0 Å². The molecule has 0 bridgehead atoms. The van der Waals surface area contributed by atoms with Crippen LogP contribution >= 0.6 is 75.8 Å². The van der Waals surface area contributed by atoms with Crippen LogP contribution in [0.1, 0.15) is 103 Å². The van der Waals surface area contributed by atoms with E-state index in [0.717, 1.165) is 34.7 Å². The molecule has 0 saturated carbocycles. The smallest absolute Gasteiger partial charge is 0.00759 e. The molecule has 182 valence electrons. The summed E-state index contributed by atoms with van der Waals surface area (Å²) in [5.41, 5.74) is 0.350. The van der Waals surface area contributed by atoms with E-state index in [-0.39, 0.29) is 0 Å². The Balaban J connectivity index is 5.60. The van der Waals surface area contributed by atoms with Crippen molar-refractivity contribution >= 4 is 75.8 Å². The normalized spacial score (nSPS) is 14.2. The summed E-state index contributed by atoms with van der Waals surface area (Å²) >= 11 is 27.7. The molecule has 0 saturated heterocycles. The van der Waals surface area contributed by atoms with Crippen molar-refractivity contribution in [1.29, 1.82) is 0 Å². The highest BCUT2D eigenvalue weighted by Crippen LogP contribution is 2.50. The Morgan fingerprint density at radius 1 is 0.433 bits per heavy atom. The molecule has 0 heterocycles. The van der Waals surface area contributed by atoms with Gasteiger partial charge in [-0.25, -0.2) is 0 Å². The van der Waals surface area contributed by atoms with Gasteiger partial charge in [0.1, 0.15) is 0 Å². The lowest BCUT2D eigenvalue weighted by Crippen LogP contribution is -2.40. The summed E-state index contributed by atoms with van der Waals surface area (Å²) in [6, 6.07) is 0. The van der Waals surface area contributed by atoms with Gasteiger partial charge in [0.05, 0.1) is 0 Å². The van der Waals surface area contributed by atoms with Crippen molar-refractivity contribution in [3.05, 3.63) is 0 Å². The third-order valence-corrected chi connectivity index (χ3v) is 8.99. The zero-order valence-electron chi connectivity index (χ0n) is 19.2. The predicted molar refractivity (Wildman–Crippen MR) is 162 cm³/mol. The van der Waals surface area contributed by atoms with Crippen LogP contribution in [-0.4, -0.2) is 34.0 Å². The zero-order chi connectivity index (χ0) is 22.5. The molecule has 0 aromatic heterocycles. The lowest BCUT2D eigenvalue weighted by atomic mass is 9.62. The Bertz CT molecular complexity index is 343. The summed E-state index contributed by atoms with van der Waals surface area (Å²) in [7, 11) is 0. The van der Waals surface area contributed by atoms with E-state index in [1.165, 1.54) is 103 Å². The van der Waals surface area contributed by atoms with Gasteiger partial charge in [0.15, 0.2) is 0 Å². The van der Waals surface area contributed by atoms with Crippen molar-refractivity contribution in [1.82, 2.24) is 0 Å². The van der Waals surface area contributed by atoms with Gasteiger partial charge in [-0.2, -0.15) is 75.8 Å². The van der Waals surface area contributed by atoms with Gasteiger partial charge in [0, 0.05) is 5.25 Å². The first kappa shape index (κ1) is 32.1. The standard InChI is InChI=1S/C24H50S6/c25-17-7-1-2-12-22(13-3-8-18-26)24(15-5-10-20-28,16-6-11-21-29)23(30)14-4-9-19-27/h22-23,25-30H,1-21H2. The lowest BCUT2D eigenvalue weighted by Gasteiger charge is -2.46. The minimum atomic E-state index is 0.350. The van der Waals surface area contributed by atoms with Crippen molar-refractivity contribution in [3.8, 4) is 0 Å². The van der Waals surface area contributed by atoms with E-state index in [1.807, 2.05) is 0 Å². The average molecular weight is 531 g/mol. The molecule has 30 heavy (non-hydrogen) atoms. The number of rotatable bonds is 23. The van der Waals surface area contributed by atoms with Crippen LogP contribution in [-0.2, 0) is 0 Å². The Morgan fingerprint density at radius 3 is 1.27 bits per heavy atom. The van der Waals surface area contributed by atoms with E-state index < -0.39 is 0 Å². The summed E-state index contributed by atoms with van der Waals surface area (Å²) in [6.07, 6.45) is 20.4. The fraction of sp³-hybridized carbons (Fsp3) is 1.00. The number of thiol groups is 6. The first-order valence-corrected chi connectivity index (χ1v) is 16.0. The van der Waals surface area contributed by atoms with Crippen molar-refractivity contribution in [2.45, 2.75) is 108 Å². The Morgan fingerprint density at radius 2 is 0.800 bits per heavy atom. The largest absolute Gasteiger partial charge is 0.179 e. The van der Waals surface area contributed by atoms with Crippen LogP contribution in [0.25, 0.3) is 0 Å². The van der Waals surface area contributed by atoms with Crippen LogP contribution in [0.15, 0.2) is 0 Å². The van der Waals surface area contributed by atoms with Crippen LogP contribution in [0, 0.1) is 11.3 Å². The molecule has 0 radical (unpaired) electrons. The van der Waals surface area contributed by atoms with Crippen LogP contribution in [0.5, 0.6) is 0 Å². The second-order valence-corrected chi connectivity index (χ2v) is 11.7. The van der Waals surface area contributed by atoms with E-state index in [4.69, 9.17) is 12.6 Å². The molecule has 2 atom stereocenters. The SMILES string of the molecule is SCCCCCC(CCCCS)C(CCCCS)(CCCCS)C(S)CCCCS. The van der Waals surface area contributed by atoms with Gasteiger partial charge >= 0.3 is 0 Å². The van der Waals surface area contributed by atoms with Gasteiger partial charge in [-0.3, -0.25) is 0 Å². The van der Waals surface area contributed by atoms with Crippen LogP contribution in [0.3, 0.4) is 0 Å². The summed E-state index contributed by atoms with van der Waals surface area (Å²) in [5, 5.41) is 0.489. The Kier molecular flexibility index (Phi) is 24.5. The molecule has 0 aromatic rings. The average Bonchev–Trinajstić information content (AvgIpc) is 2.75. The van der Waals surface area contributed by atoms with Crippen molar-refractivity contribution in [3.63, 3.8) is 0 Å². The molecule has 0 aromatic carbocycles. The molecule has 6 heteroatoms. The molecule has 0 N–H and O–H groups in total. The molecule has 0 aliphatic heterocycles. The van der Waals surface area contributed by atoms with Gasteiger partial charge in [-0.05, 0) is 104 Å². The highest BCUT2D eigenvalue weighted by atomic mass is 32.1. The van der Waals surface area contributed by atoms with Crippen molar-refractivity contribution in [2.75, 3.05) is 28.8 Å². The maximum Gasteiger partial charge on any atom is 0.00759 e. The molecule has 2 unspecified atom stereocenters. The monoisotopic (exact) mass is 530 g/mol. The summed E-state index contributed by atoms with van der Waals surface area (Å²) in [5.74, 6) is 5.77. The van der Waals surface area contributed by atoms with Gasteiger partial charge in [0.2, 0.25) is 0 Å².